The van der Waals surface area contributed by atoms with Gasteiger partial charge in [0.25, 0.3) is 0 Å². The molecule has 1 heterocycles. The average Bonchev–Trinajstić information content (AvgIpc) is 3.38. The van der Waals surface area contributed by atoms with E-state index in [-0.39, 0.29) is 24.5 Å². The molecule has 3 aromatic carbocycles. The molecule has 1 amide bonds. The molecule has 1 saturated heterocycles. The van der Waals surface area contributed by atoms with Gasteiger partial charge in [-0.3, -0.25) is 9.83 Å². The Kier molecular flexibility index (Phi) is 7.76. The first kappa shape index (κ1) is 26.2. The number of likely N-dealkylation sites (tertiary alicyclic amines) is 1. The van der Waals surface area contributed by atoms with Gasteiger partial charge in [-0.15, -0.1) is 0 Å². The maximum atomic E-state index is 13.0. The van der Waals surface area contributed by atoms with E-state index in [4.69, 9.17) is 31.0 Å². The van der Waals surface area contributed by atoms with Gasteiger partial charge in [-0.05, 0) is 35.4 Å². The molecule has 2 aliphatic rings. The van der Waals surface area contributed by atoms with Crippen molar-refractivity contribution in [3.05, 3.63) is 102 Å². The number of amidine groups is 1. The fourth-order valence-corrected chi connectivity index (χ4v) is 4.91. The highest BCUT2D eigenvalue weighted by molar-refractivity contribution is 5.97. The number of ether oxygens (including phenoxy) is 2. The van der Waals surface area contributed by atoms with Gasteiger partial charge in [0.05, 0.1) is 6.04 Å². The van der Waals surface area contributed by atoms with E-state index in [1.807, 2.05) is 60.7 Å². The summed E-state index contributed by atoms with van der Waals surface area (Å²) in [5.41, 5.74) is 8.55. The number of hydrogen-bond donors (Lipinski definition) is 3. The van der Waals surface area contributed by atoms with Crippen molar-refractivity contribution in [2.75, 3.05) is 19.7 Å². The molecule has 3 aromatic rings. The predicted octanol–water partition coefficient (Wildman–Crippen LogP) is 2.97. The molecule has 39 heavy (non-hydrogen) atoms. The fourth-order valence-electron chi connectivity index (χ4n) is 4.91. The molecule has 1 saturated carbocycles. The Morgan fingerprint density at radius 2 is 1.49 bits per heavy atom. The van der Waals surface area contributed by atoms with Gasteiger partial charge in [-0.25, -0.2) is 15.5 Å². The summed E-state index contributed by atoms with van der Waals surface area (Å²) in [6.07, 6.45) is -2.67. The highest BCUT2D eigenvalue weighted by Crippen LogP contribution is 2.48. The van der Waals surface area contributed by atoms with E-state index in [1.165, 1.54) is 4.90 Å². The van der Waals surface area contributed by atoms with E-state index in [9.17, 15) is 9.59 Å². The van der Waals surface area contributed by atoms with Crippen LogP contribution in [0, 0.1) is 11.8 Å². The Morgan fingerprint density at radius 1 is 0.923 bits per heavy atom. The second-order valence-corrected chi connectivity index (χ2v) is 9.62. The van der Waals surface area contributed by atoms with Crippen LogP contribution in [0.15, 0.2) is 89.9 Å². The lowest BCUT2D eigenvalue weighted by molar-refractivity contribution is -0.163. The molecule has 5 rings (SSSR count). The molecule has 2 unspecified atom stereocenters. The average molecular weight is 531 g/mol. The molecule has 2 fully saturated rings. The van der Waals surface area contributed by atoms with E-state index >= 15 is 0 Å². The van der Waals surface area contributed by atoms with E-state index in [2.05, 4.69) is 4.99 Å². The van der Waals surface area contributed by atoms with Gasteiger partial charge in [-0.1, -0.05) is 60.7 Å². The van der Waals surface area contributed by atoms with Crippen LogP contribution in [0.5, 0.6) is 5.75 Å². The van der Waals surface area contributed by atoms with Gasteiger partial charge in [0.2, 0.25) is 6.10 Å². The van der Waals surface area contributed by atoms with Gasteiger partial charge in [0, 0.05) is 30.5 Å². The monoisotopic (exact) mass is 530 g/mol. The van der Waals surface area contributed by atoms with Crippen LogP contribution in [0.25, 0.3) is 0 Å². The molecule has 0 bridgehead atoms. The molecular formula is C29H30N4O6. The molecule has 1 aliphatic carbocycles. The zero-order valence-electron chi connectivity index (χ0n) is 21.1. The minimum Gasteiger partial charge on any atom is -0.490 e. The number of aliphatic imine (C=N–C) groups is 1. The Labute approximate surface area is 225 Å². The second-order valence-electron chi connectivity index (χ2n) is 9.62. The summed E-state index contributed by atoms with van der Waals surface area (Å²) >= 11 is 0. The number of carbonyl (C=O) groups is 2. The summed E-state index contributed by atoms with van der Waals surface area (Å²) in [4.78, 5) is 35.0. The molecule has 0 radical (unpaired) electrons. The third kappa shape index (κ3) is 6.02. The maximum Gasteiger partial charge on any atom is 0.407 e. The first-order chi connectivity index (χ1) is 18.9. The number of benzene rings is 3. The van der Waals surface area contributed by atoms with Crippen molar-refractivity contribution in [1.82, 2.24) is 4.90 Å². The summed E-state index contributed by atoms with van der Waals surface area (Å²) in [5, 5.41) is 9.09. The third-order valence-corrected chi connectivity index (χ3v) is 7.12. The molecule has 3 atom stereocenters. The number of hydrogen-bond acceptors (Lipinski definition) is 7. The minimum absolute atomic E-state index is 0.0561. The molecule has 0 spiro atoms. The lowest BCUT2D eigenvalue weighted by Gasteiger charge is -2.22. The first-order valence-electron chi connectivity index (χ1n) is 12.6. The van der Waals surface area contributed by atoms with Crippen LogP contribution in [-0.4, -0.2) is 59.7 Å². The van der Waals surface area contributed by atoms with Crippen molar-refractivity contribution in [1.29, 1.82) is 0 Å². The molecular weight excluding hydrogens is 500 g/mol. The van der Waals surface area contributed by atoms with Crippen molar-refractivity contribution in [2.45, 2.75) is 18.2 Å². The Morgan fingerprint density at radius 3 is 2.00 bits per heavy atom. The number of rotatable bonds is 10. The highest BCUT2D eigenvalue weighted by atomic mass is 16.7. The Hall–Kier alpha value is -4.41. The predicted molar refractivity (Wildman–Crippen MR) is 143 cm³/mol. The topological polar surface area (TPSA) is 150 Å². The molecule has 5 N–H and O–H groups in total. The highest BCUT2D eigenvalue weighted by Gasteiger charge is 2.57. The number of carboxylic acid groups (broad SMARTS) is 1. The van der Waals surface area contributed by atoms with Crippen molar-refractivity contribution in [3.8, 4) is 5.75 Å². The Bertz CT molecular complexity index is 1270. The number of nitrogens with two attached hydrogens (primary N) is 2. The second kappa shape index (κ2) is 11.5. The quantitative estimate of drug-likeness (QED) is 0.157. The van der Waals surface area contributed by atoms with Gasteiger partial charge in [-0.2, -0.15) is 0 Å². The zero-order valence-corrected chi connectivity index (χ0v) is 21.1. The van der Waals surface area contributed by atoms with E-state index in [0.29, 0.717) is 24.7 Å². The van der Waals surface area contributed by atoms with Gasteiger partial charge >= 0.3 is 12.1 Å². The molecule has 1 aliphatic heterocycles. The number of nitrogens with zero attached hydrogens (tertiary/aromatic N) is 2. The summed E-state index contributed by atoms with van der Waals surface area (Å²) in [7, 11) is 0. The van der Waals surface area contributed by atoms with E-state index < -0.39 is 24.3 Å². The summed E-state index contributed by atoms with van der Waals surface area (Å²) in [6, 6.07) is 25.9. The van der Waals surface area contributed by atoms with Gasteiger partial charge < -0.3 is 25.2 Å². The SMILES string of the molecule is NO[C@H](COc1ccc(C(N)=NC2C3CN(C(=O)O)CC32)cc1)C(=O)OC(c1ccccc1)c1ccccc1. The van der Waals surface area contributed by atoms with Crippen LogP contribution >= 0.6 is 0 Å². The third-order valence-electron chi connectivity index (χ3n) is 7.12. The van der Waals surface area contributed by atoms with E-state index in [0.717, 1.165) is 16.7 Å². The number of piperidine rings is 1. The van der Waals surface area contributed by atoms with Gasteiger partial charge in [0.15, 0.2) is 6.10 Å². The first-order valence-corrected chi connectivity index (χ1v) is 12.6. The molecule has 202 valence electrons. The van der Waals surface area contributed by atoms with Crippen molar-refractivity contribution in [3.63, 3.8) is 0 Å². The van der Waals surface area contributed by atoms with Crippen LogP contribution in [0.2, 0.25) is 0 Å². The van der Waals surface area contributed by atoms with Crippen LogP contribution in [0.4, 0.5) is 4.79 Å². The van der Waals surface area contributed by atoms with Gasteiger partial charge in [0.1, 0.15) is 18.2 Å². The smallest absolute Gasteiger partial charge is 0.407 e. The van der Waals surface area contributed by atoms with Crippen molar-refractivity contribution >= 4 is 17.9 Å². The zero-order chi connectivity index (χ0) is 27.4. The lowest BCUT2D eigenvalue weighted by atomic mass is 10.0. The largest absolute Gasteiger partial charge is 0.490 e. The normalized spacial score (nSPS) is 20.8. The molecule has 10 heteroatoms. The number of amides is 1. The summed E-state index contributed by atoms with van der Waals surface area (Å²) < 4.78 is 11.6. The van der Waals surface area contributed by atoms with Crippen molar-refractivity contribution in [2.24, 2.45) is 28.5 Å². The lowest BCUT2D eigenvalue weighted by Crippen LogP contribution is -2.35. The van der Waals surface area contributed by atoms with Crippen molar-refractivity contribution < 1.29 is 29.0 Å². The summed E-state index contributed by atoms with van der Waals surface area (Å²) in [5.74, 6) is 6.12. The minimum atomic E-state index is -1.15. The van der Waals surface area contributed by atoms with Crippen LogP contribution < -0.4 is 16.4 Å². The number of carbonyl (C=O) groups excluding carboxylic acids is 1. The number of esters is 1. The Balaban J connectivity index is 1.17. The fraction of sp³-hybridized carbons (Fsp3) is 0.276. The molecule has 0 aromatic heterocycles. The summed E-state index contributed by atoms with van der Waals surface area (Å²) in [6.45, 7) is 0.844. The van der Waals surface area contributed by atoms with E-state index in [1.54, 1.807) is 24.3 Å². The maximum absolute atomic E-state index is 13.0. The van der Waals surface area contributed by atoms with Crippen LogP contribution in [0.3, 0.4) is 0 Å². The molecule has 10 nitrogen and oxygen atoms in total. The van der Waals surface area contributed by atoms with Crippen LogP contribution in [-0.2, 0) is 14.4 Å². The van der Waals surface area contributed by atoms with Crippen LogP contribution in [0.1, 0.15) is 22.8 Å². The number of fused-ring (bicyclic) bond motifs is 1. The standard InChI is InChI=1S/C29H30N4O6/c30-27(32-25-22-15-33(29(35)36)16-23(22)25)20-11-13-21(14-12-20)37-17-24(39-31)28(34)38-26(18-7-3-1-4-8-18)19-9-5-2-6-10-19/h1-14,22-26H,15-17,31H2,(H2,30,32)(H,35,36)/t22?,23?,24-,25?/m1/s1.